The summed E-state index contributed by atoms with van der Waals surface area (Å²) in [4.78, 5) is 26.5. The van der Waals surface area contributed by atoms with Crippen LogP contribution >= 0.6 is 46.3 Å². The molecule has 0 spiro atoms. The Morgan fingerprint density at radius 2 is 2.08 bits per heavy atom. The van der Waals surface area contributed by atoms with E-state index in [0.29, 0.717) is 43.9 Å². The first-order valence-corrected chi connectivity index (χ1v) is 14.2. The van der Waals surface area contributed by atoms with E-state index in [0.717, 1.165) is 36.1 Å². The van der Waals surface area contributed by atoms with Crippen molar-refractivity contribution in [1.82, 2.24) is 14.8 Å². The van der Waals surface area contributed by atoms with Gasteiger partial charge in [-0.25, -0.2) is 4.79 Å². The minimum Gasteiger partial charge on any atom is -0.481 e. The molecule has 1 aliphatic carbocycles. The van der Waals surface area contributed by atoms with E-state index in [2.05, 4.69) is 22.1 Å². The van der Waals surface area contributed by atoms with Crippen molar-refractivity contribution in [3.63, 3.8) is 0 Å². The number of fused-ring (bicyclic) bond motifs is 1. The zero-order valence-corrected chi connectivity index (χ0v) is 23.5. The molecular weight excluding hydrogens is 555 g/mol. The maximum Gasteiger partial charge on any atom is 0.341 e. The van der Waals surface area contributed by atoms with Gasteiger partial charge in [-0.2, -0.15) is 0 Å². The van der Waals surface area contributed by atoms with Crippen LogP contribution in [0, 0.1) is 0 Å². The number of amides is 1. The molecule has 4 rings (SSSR count). The quantitative estimate of drug-likeness (QED) is 0.169. The number of methoxy groups -OCH3 is 1. The third kappa shape index (κ3) is 6.31. The first-order valence-electron chi connectivity index (χ1n) is 11.6. The highest BCUT2D eigenvalue weighted by atomic mass is 35.5. The Kier molecular flexibility index (Phi) is 9.17. The fraction of sp³-hybridized carbons (Fsp3) is 0.360. The summed E-state index contributed by atoms with van der Waals surface area (Å²) in [6, 6.07) is 4.98. The van der Waals surface area contributed by atoms with E-state index >= 15 is 0 Å². The monoisotopic (exact) mass is 580 g/mol. The van der Waals surface area contributed by atoms with Crippen LogP contribution in [0.4, 0.5) is 5.00 Å². The van der Waals surface area contributed by atoms with Crippen LogP contribution in [0.1, 0.15) is 52.5 Å². The van der Waals surface area contributed by atoms with Crippen LogP contribution in [-0.2, 0) is 28.9 Å². The SMILES string of the molecule is C=CCn1c(SCC(=O)Nc2sc3c(c2C(=O)OC)CCCC3)nnc1C(C)Oc1cc(Cl)ccc1Cl. The molecule has 1 N–H and O–H groups in total. The number of aromatic nitrogens is 3. The van der Waals surface area contributed by atoms with E-state index in [-0.39, 0.29) is 11.7 Å². The summed E-state index contributed by atoms with van der Waals surface area (Å²) in [6.07, 6.45) is 5.03. The first kappa shape index (κ1) is 27.5. The maximum atomic E-state index is 12.9. The Morgan fingerprint density at radius 3 is 2.84 bits per heavy atom. The number of allylic oxidation sites excluding steroid dienone is 1. The Morgan fingerprint density at radius 1 is 1.30 bits per heavy atom. The molecule has 1 amide bonds. The summed E-state index contributed by atoms with van der Waals surface area (Å²) in [5, 5.41) is 13.5. The lowest BCUT2D eigenvalue weighted by Crippen LogP contribution is -2.17. The molecule has 0 aliphatic heterocycles. The molecule has 3 aromatic rings. The van der Waals surface area contributed by atoms with Crippen LogP contribution in [0.15, 0.2) is 36.0 Å². The van der Waals surface area contributed by atoms with Gasteiger partial charge in [0.25, 0.3) is 0 Å². The van der Waals surface area contributed by atoms with Crippen LogP contribution in [0.2, 0.25) is 10.0 Å². The summed E-state index contributed by atoms with van der Waals surface area (Å²) in [5.41, 5.74) is 1.47. The number of hydrogen-bond donors (Lipinski definition) is 1. The number of esters is 1. The van der Waals surface area contributed by atoms with Gasteiger partial charge in [-0.05, 0) is 50.3 Å². The highest BCUT2D eigenvalue weighted by Crippen LogP contribution is 2.39. The fourth-order valence-electron chi connectivity index (χ4n) is 4.08. The number of halogens is 2. The highest BCUT2D eigenvalue weighted by Gasteiger charge is 2.27. The molecule has 8 nitrogen and oxygen atoms in total. The molecule has 0 bridgehead atoms. The number of rotatable bonds is 10. The van der Waals surface area contributed by atoms with Crippen molar-refractivity contribution in [1.29, 1.82) is 0 Å². The second-order valence-electron chi connectivity index (χ2n) is 8.32. The van der Waals surface area contributed by atoms with Crippen molar-refractivity contribution in [3.8, 4) is 5.75 Å². The molecule has 0 saturated heterocycles. The molecule has 37 heavy (non-hydrogen) atoms. The number of benzene rings is 1. The van der Waals surface area contributed by atoms with E-state index < -0.39 is 12.1 Å². The molecule has 12 heteroatoms. The average molecular weight is 582 g/mol. The van der Waals surface area contributed by atoms with E-state index in [1.54, 1.807) is 24.3 Å². The van der Waals surface area contributed by atoms with Gasteiger partial charge in [0.1, 0.15) is 10.8 Å². The number of anilines is 1. The van der Waals surface area contributed by atoms with Gasteiger partial charge in [0, 0.05) is 22.5 Å². The van der Waals surface area contributed by atoms with Crippen LogP contribution in [-0.4, -0.2) is 39.5 Å². The van der Waals surface area contributed by atoms with Gasteiger partial charge in [-0.15, -0.1) is 28.1 Å². The summed E-state index contributed by atoms with van der Waals surface area (Å²) in [5.74, 6) is 0.388. The minimum atomic E-state index is -0.494. The summed E-state index contributed by atoms with van der Waals surface area (Å²) in [7, 11) is 1.35. The number of ether oxygens (including phenoxy) is 2. The lowest BCUT2D eigenvalue weighted by Gasteiger charge is -2.16. The van der Waals surface area contributed by atoms with Gasteiger partial charge in [0.2, 0.25) is 5.91 Å². The number of aryl methyl sites for hydroxylation is 1. The number of nitrogens with zero attached hydrogens (tertiary/aromatic N) is 3. The molecule has 1 aliphatic rings. The third-order valence-electron chi connectivity index (χ3n) is 5.76. The van der Waals surface area contributed by atoms with Crippen LogP contribution < -0.4 is 10.1 Å². The molecule has 0 saturated carbocycles. The molecule has 1 atom stereocenters. The van der Waals surface area contributed by atoms with Gasteiger partial charge in [-0.1, -0.05) is 41.0 Å². The van der Waals surface area contributed by atoms with Crippen molar-refractivity contribution in [2.24, 2.45) is 0 Å². The molecule has 0 fully saturated rings. The van der Waals surface area contributed by atoms with Crippen LogP contribution in [0.5, 0.6) is 5.75 Å². The molecule has 1 unspecified atom stereocenters. The van der Waals surface area contributed by atoms with Crippen molar-refractivity contribution >= 4 is 63.2 Å². The normalized spacial score (nSPS) is 13.5. The Balaban J connectivity index is 1.47. The second-order valence-corrected chi connectivity index (χ2v) is 11.2. The van der Waals surface area contributed by atoms with Crippen LogP contribution in [0.25, 0.3) is 0 Å². The van der Waals surface area contributed by atoms with E-state index in [9.17, 15) is 9.59 Å². The van der Waals surface area contributed by atoms with Crippen molar-refractivity contribution in [2.75, 3.05) is 18.2 Å². The molecule has 1 aromatic carbocycles. The Hall–Kier alpha value is -2.53. The summed E-state index contributed by atoms with van der Waals surface area (Å²) >= 11 is 15.0. The average Bonchev–Trinajstić information content (AvgIpc) is 3.45. The lowest BCUT2D eigenvalue weighted by molar-refractivity contribution is -0.113. The van der Waals surface area contributed by atoms with Crippen molar-refractivity contribution < 1.29 is 19.1 Å². The molecule has 0 radical (unpaired) electrons. The number of hydrogen-bond acceptors (Lipinski definition) is 8. The zero-order valence-electron chi connectivity index (χ0n) is 20.4. The van der Waals surface area contributed by atoms with E-state index in [4.69, 9.17) is 32.7 Å². The largest absolute Gasteiger partial charge is 0.481 e. The maximum absolute atomic E-state index is 12.9. The Labute approximate surface area is 233 Å². The van der Waals surface area contributed by atoms with Gasteiger partial charge in [0.15, 0.2) is 17.1 Å². The standard InChI is InChI=1S/C25H26Cl2N4O4S2/c1-4-11-31-22(14(2)35-18-12-15(26)9-10-17(18)27)29-30-25(31)36-13-20(32)28-23-21(24(33)34-3)16-7-5-6-8-19(16)37-23/h4,9-10,12,14H,1,5-8,11,13H2,2-3H3,(H,28,32). The third-order valence-corrected chi connectivity index (χ3v) is 8.49. The first-order chi connectivity index (χ1) is 17.8. The van der Waals surface area contributed by atoms with Crippen LogP contribution in [0.3, 0.4) is 0 Å². The van der Waals surface area contributed by atoms with Gasteiger partial charge >= 0.3 is 5.97 Å². The van der Waals surface area contributed by atoms with Crippen molar-refractivity contribution in [3.05, 3.63) is 62.7 Å². The fourth-order valence-corrected chi connectivity index (χ4v) is 6.46. The topological polar surface area (TPSA) is 95.3 Å². The minimum absolute atomic E-state index is 0.0772. The number of nitrogens with one attached hydrogen (secondary N) is 1. The van der Waals surface area contributed by atoms with Gasteiger partial charge in [-0.3, -0.25) is 9.36 Å². The molecule has 196 valence electrons. The van der Waals surface area contributed by atoms with Gasteiger partial charge < -0.3 is 14.8 Å². The number of thiophene rings is 1. The van der Waals surface area contributed by atoms with Gasteiger partial charge in [0.05, 0.1) is 23.4 Å². The molecular formula is C25H26Cl2N4O4S2. The summed E-state index contributed by atoms with van der Waals surface area (Å²) in [6.45, 7) is 6.07. The predicted molar refractivity (Wildman–Crippen MR) is 147 cm³/mol. The lowest BCUT2D eigenvalue weighted by atomic mass is 9.95. The smallest absolute Gasteiger partial charge is 0.341 e. The Bertz CT molecular complexity index is 1320. The summed E-state index contributed by atoms with van der Waals surface area (Å²) < 4.78 is 12.8. The highest BCUT2D eigenvalue weighted by molar-refractivity contribution is 7.99. The van der Waals surface area contributed by atoms with Crippen molar-refractivity contribution in [2.45, 2.75) is 50.4 Å². The van der Waals surface area contributed by atoms with E-state index in [1.165, 1.54) is 30.2 Å². The second kappa shape index (κ2) is 12.3. The predicted octanol–water partition coefficient (Wildman–Crippen LogP) is 6.37. The zero-order chi connectivity index (χ0) is 26.5. The number of carbonyl (C=O) groups is 2. The van der Waals surface area contributed by atoms with E-state index in [1.807, 2.05) is 11.5 Å². The molecule has 2 aromatic heterocycles. The number of carbonyl (C=O) groups excluding carboxylic acids is 2. The number of thioether (sulfide) groups is 1. The molecule has 2 heterocycles.